The maximum Gasteiger partial charge on any atom is 0.315 e. The molecule has 3 saturated carbocycles. The van der Waals surface area contributed by atoms with E-state index >= 15 is 0 Å². The fourth-order valence-electron chi connectivity index (χ4n) is 4.07. The second-order valence-corrected chi connectivity index (χ2v) is 7.18. The average molecular weight is 293 g/mol. The molecule has 21 heavy (non-hydrogen) atoms. The van der Waals surface area contributed by atoms with Crippen molar-refractivity contribution >= 4 is 11.9 Å². The van der Waals surface area contributed by atoms with Crippen LogP contribution in [0.4, 0.5) is 4.79 Å². The molecular formula is C16H27N3O2. The Morgan fingerprint density at radius 1 is 1.05 bits per heavy atom. The number of nitrogens with two attached hydrogens (primary N) is 1. The first-order chi connectivity index (χ1) is 10.1. The molecule has 3 aliphatic carbocycles. The Labute approximate surface area is 126 Å². The summed E-state index contributed by atoms with van der Waals surface area (Å²) in [5.74, 6) is 2.17. The molecule has 3 aliphatic rings. The van der Waals surface area contributed by atoms with Crippen LogP contribution in [0.5, 0.6) is 0 Å². The van der Waals surface area contributed by atoms with Gasteiger partial charge in [0.1, 0.15) is 0 Å². The average Bonchev–Trinajstić information content (AvgIpc) is 3.20. The third kappa shape index (κ3) is 3.69. The molecule has 118 valence electrons. The van der Waals surface area contributed by atoms with Crippen molar-refractivity contribution in [3.05, 3.63) is 0 Å². The van der Waals surface area contributed by atoms with Crippen molar-refractivity contribution in [3.8, 4) is 0 Å². The quantitative estimate of drug-likeness (QED) is 0.721. The Bertz CT molecular complexity index is 400. The first-order valence-electron chi connectivity index (χ1n) is 8.47. The number of carbonyl (C=O) groups is 2. The van der Waals surface area contributed by atoms with E-state index in [1.54, 1.807) is 0 Å². The van der Waals surface area contributed by atoms with Gasteiger partial charge in [0.25, 0.3) is 0 Å². The molecule has 5 nitrogen and oxygen atoms in total. The highest BCUT2D eigenvalue weighted by Gasteiger charge is 2.42. The summed E-state index contributed by atoms with van der Waals surface area (Å²) >= 11 is 0. The third-order valence-electron chi connectivity index (χ3n) is 5.63. The largest absolute Gasteiger partial charge is 0.369 e. The smallest absolute Gasteiger partial charge is 0.315 e. The summed E-state index contributed by atoms with van der Waals surface area (Å²) in [5.41, 5.74) is 5.22. The van der Waals surface area contributed by atoms with E-state index < -0.39 is 0 Å². The van der Waals surface area contributed by atoms with Crippen molar-refractivity contribution in [1.29, 1.82) is 0 Å². The maximum atomic E-state index is 11.8. The summed E-state index contributed by atoms with van der Waals surface area (Å²) in [6.45, 7) is 0.805. The molecule has 0 bridgehead atoms. The second kappa shape index (κ2) is 6.24. The molecule has 2 atom stereocenters. The van der Waals surface area contributed by atoms with Gasteiger partial charge in [-0.2, -0.15) is 0 Å². The van der Waals surface area contributed by atoms with Gasteiger partial charge in [0.05, 0.1) is 0 Å². The monoisotopic (exact) mass is 293 g/mol. The first kappa shape index (κ1) is 14.7. The van der Waals surface area contributed by atoms with E-state index in [9.17, 15) is 9.59 Å². The minimum absolute atomic E-state index is 0.0468. The standard InChI is InChI=1S/C16H27N3O2/c17-15(20)11-6-13(7-11)19-16(21)18-9-12-8-14(12)10-4-2-1-3-5-10/h10-14H,1-9H2,(H2,17,20)(H2,18,19,21)/t11?,12-,13?,14-/m0/s1. The SMILES string of the molecule is NC(=O)C1CC(NC(=O)NC[C@@H]2C[C@H]2C2CCCCC2)C1. The molecule has 3 rings (SSSR count). The minimum atomic E-state index is -0.248. The van der Waals surface area contributed by atoms with Crippen molar-refractivity contribution in [2.24, 2.45) is 29.4 Å². The van der Waals surface area contributed by atoms with Crippen molar-refractivity contribution in [1.82, 2.24) is 10.6 Å². The zero-order valence-electron chi connectivity index (χ0n) is 12.6. The van der Waals surface area contributed by atoms with E-state index in [0.717, 1.165) is 18.4 Å². The van der Waals surface area contributed by atoms with E-state index in [1.807, 2.05) is 0 Å². The number of hydrogen-bond acceptors (Lipinski definition) is 2. The van der Waals surface area contributed by atoms with Gasteiger partial charge in [-0.1, -0.05) is 32.1 Å². The zero-order chi connectivity index (χ0) is 14.8. The molecule has 0 saturated heterocycles. The third-order valence-corrected chi connectivity index (χ3v) is 5.63. The highest BCUT2D eigenvalue weighted by Crippen LogP contribution is 2.48. The molecule has 3 fully saturated rings. The number of primary amides is 1. The van der Waals surface area contributed by atoms with Gasteiger partial charge in [0.2, 0.25) is 5.91 Å². The Morgan fingerprint density at radius 2 is 1.76 bits per heavy atom. The fraction of sp³-hybridized carbons (Fsp3) is 0.875. The lowest BCUT2D eigenvalue weighted by atomic mass is 9.80. The van der Waals surface area contributed by atoms with E-state index in [1.165, 1.54) is 38.5 Å². The fourth-order valence-corrected chi connectivity index (χ4v) is 4.07. The molecule has 0 aromatic rings. The Hall–Kier alpha value is -1.26. The summed E-state index contributed by atoms with van der Waals surface area (Å²) in [4.78, 5) is 22.7. The lowest BCUT2D eigenvalue weighted by molar-refractivity contribution is -0.124. The molecule has 0 spiro atoms. The van der Waals surface area contributed by atoms with Gasteiger partial charge >= 0.3 is 6.03 Å². The van der Waals surface area contributed by atoms with Crippen LogP contribution in [0.2, 0.25) is 0 Å². The van der Waals surface area contributed by atoms with Crippen LogP contribution in [-0.4, -0.2) is 24.5 Å². The highest BCUT2D eigenvalue weighted by atomic mass is 16.2. The van der Waals surface area contributed by atoms with Crippen molar-refractivity contribution in [2.75, 3.05) is 6.54 Å². The van der Waals surface area contributed by atoms with Gasteiger partial charge < -0.3 is 16.4 Å². The normalized spacial score (nSPS) is 35.6. The predicted molar refractivity (Wildman–Crippen MR) is 80.4 cm³/mol. The van der Waals surface area contributed by atoms with E-state index in [4.69, 9.17) is 5.73 Å². The molecule has 0 aromatic carbocycles. The first-order valence-corrected chi connectivity index (χ1v) is 8.47. The number of nitrogens with one attached hydrogen (secondary N) is 2. The van der Waals surface area contributed by atoms with E-state index in [0.29, 0.717) is 18.8 Å². The van der Waals surface area contributed by atoms with Crippen molar-refractivity contribution < 1.29 is 9.59 Å². The molecule has 5 heteroatoms. The molecule has 0 radical (unpaired) electrons. The van der Waals surface area contributed by atoms with Crippen LogP contribution in [0.25, 0.3) is 0 Å². The van der Waals surface area contributed by atoms with Crippen LogP contribution in [0.1, 0.15) is 51.4 Å². The molecule has 0 aliphatic heterocycles. The Balaban J connectivity index is 1.28. The zero-order valence-corrected chi connectivity index (χ0v) is 12.6. The van der Waals surface area contributed by atoms with Crippen LogP contribution in [-0.2, 0) is 4.79 Å². The highest BCUT2D eigenvalue weighted by molar-refractivity contribution is 5.79. The maximum absolute atomic E-state index is 11.8. The summed E-state index contributed by atoms with van der Waals surface area (Å²) in [7, 11) is 0. The minimum Gasteiger partial charge on any atom is -0.369 e. The van der Waals surface area contributed by atoms with Crippen LogP contribution in [0, 0.1) is 23.7 Å². The predicted octanol–water partition coefficient (Wildman–Crippen LogP) is 1.77. The molecule has 4 N–H and O–H groups in total. The van der Waals surface area contributed by atoms with Crippen LogP contribution < -0.4 is 16.4 Å². The number of amides is 3. The van der Waals surface area contributed by atoms with E-state index in [2.05, 4.69) is 10.6 Å². The summed E-state index contributed by atoms with van der Waals surface area (Å²) < 4.78 is 0. The second-order valence-electron chi connectivity index (χ2n) is 7.18. The molecule has 3 amide bonds. The molecule has 0 unspecified atom stereocenters. The van der Waals surface area contributed by atoms with Gasteiger partial charge in [-0.3, -0.25) is 4.79 Å². The van der Waals surface area contributed by atoms with Crippen LogP contribution in [0.3, 0.4) is 0 Å². The van der Waals surface area contributed by atoms with Gasteiger partial charge in [0, 0.05) is 18.5 Å². The molecular weight excluding hydrogens is 266 g/mol. The summed E-state index contributed by atoms with van der Waals surface area (Å²) in [5, 5.41) is 5.91. The van der Waals surface area contributed by atoms with Gasteiger partial charge in [-0.05, 0) is 37.0 Å². The number of carbonyl (C=O) groups excluding carboxylic acids is 2. The summed E-state index contributed by atoms with van der Waals surface area (Å²) in [6, 6.07) is 0.0352. The van der Waals surface area contributed by atoms with Gasteiger partial charge in [-0.15, -0.1) is 0 Å². The Kier molecular flexibility index (Phi) is 4.36. The van der Waals surface area contributed by atoms with Crippen LogP contribution in [0.15, 0.2) is 0 Å². The number of hydrogen-bond donors (Lipinski definition) is 3. The van der Waals surface area contributed by atoms with E-state index in [-0.39, 0.29) is 23.9 Å². The number of urea groups is 1. The summed E-state index contributed by atoms with van der Waals surface area (Å²) in [6.07, 6.45) is 9.65. The van der Waals surface area contributed by atoms with Crippen molar-refractivity contribution in [3.63, 3.8) is 0 Å². The van der Waals surface area contributed by atoms with Crippen LogP contribution >= 0.6 is 0 Å². The van der Waals surface area contributed by atoms with Crippen molar-refractivity contribution in [2.45, 2.75) is 57.4 Å². The molecule has 0 aromatic heterocycles. The number of rotatable bonds is 5. The lowest BCUT2D eigenvalue weighted by Crippen LogP contribution is -2.51. The van der Waals surface area contributed by atoms with Gasteiger partial charge in [0.15, 0.2) is 0 Å². The lowest BCUT2D eigenvalue weighted by Gasteiger charge is -2.33. The molecule has 0 heterocycles. The Morgan fingerprint density at radius 3 is 2.43 bits per heavy atom. The topological polar surface area (TPSA) is 84.2 Å². The van der Waals surface area contributed by atoms with Gasteiger partial charge in [-0.25, -0.2) is 4.79 Å².